The molecule has 0 radical (unpaired) electrons. The van der Waals surface area contributed by atoms with Gasteiger partial charge in [0.05, 0.1) is 6.10 Å². The summed E-state index contributed by atoms with van der Waals surface area (Å²) in [7, 11) is 0. The summed E-state index contributed by atoms with van der Waals surface area (Å²) in [5.74, 6) is 1.74. The highest BCUT2D eigenvalue weighted by molar-refractivity contribution is 4.75. The minimum absolute atomic E-state index is 0.262. The highest BCUT2D eigenvalue weighted by Gasteiger charge is 2.24. The summed E-state index contributed by atoms with van der Waals surface area (Å²) in [6.07, 6.45) is 9.60. The van der Waals surface area contributed by atoms with Crippen molar-refractivity contribution >= 4 is 0 Å². The van der Waals surface area contributed by atoms with Crippen LogP contribution < -0.4 is 5.32 Å². The molecular formula is C18H37NO. The molecule has 1 N–H and O–H groups in total. The van der Waals surface area contributed by atoms with Gasteiger partial charge in [-0.05, 0) is 71.3 Å². The van der Waals surface area contributed by atoms with Crippen LogP contribution in [0.2, 0.25) is 0 Å². The highest BCUT2D eigenvalue weighted by atomic mass is 16.5. The summed E-state index contributed by atoms with van der Waals surface area (Å²) < 4.78 is 6.05. The lowest BCUT2D eigenvalue weighted by Crippen LogP contribution is -2.36. The molecule has 1 saturated carbocycles. The summed E-state index contributed by atoms with van der Waals surface area (Å²) in [5, 5.41) is 3.54. The molecule has 0 aromatic carbocycles. The minimum atomic E-state index is 0.262. The third-order valence-electron chi connectivity index (χ3n) is 4.63. The molecule has 3 unspecified atom stereocenters. The Hall–Kier alpha value is -0.0800. The van der Waals surface area contributed by atoms with Crippen molar-refractivity contribution in [3.8, 4) is 0 Å². The van der Waals surface area contributed by atoms with E-state index in [0.717, 1.165) is 25.0 Å². The zero-order chi connectivity index (χ0) is 15.0. The quantitative estimate of drug-likeness (QED) is 0.647. The SMILES string of the molecule is CC1CCC(OCCCCCCNC(C)(C)C)CC1C. The summed E-state index contributed by atoms with van der Waals surface area (Å²) in [4.78, 5) is 0. The fourth-order valence-electron chi connectivity index (χ4n) is 2.94. The van der Waals surface area contributed by atoms with Gasteiger partial charge in [-0.1, -0.05) is 26.7 Å². The Balaban J connectivity index is 1.90. The van der Waals surface area contributed by atoms with Gasteiger partial charge in [0, 0.05) is 12.1 Å². The first-order valence-electron chi connectivity index (χ1n) is 8.75. The fourth-order valence-corrected chi connectivity index (χ4v) is 2.94. The van der Waals surface area contributed by atoms with Gasteiger partial charge in [0.1, 0.15) is 0 Å². The molecule has 1 rings (SSSR count). The molecule has 0 bridgehead atoms. The van der Waals surface area contributed by atoms with E-state index in [-0.39, 0.29) is 5.54 Å². The van der Waals surface area contributed by atoms with Crippen LogP contribution in [0.1, 0.15) is 79.6 Å². The van der Waals surface area contributed by atoms with E-state index in [2.05, 4.69) is 39.9 Å². The molecule has 1 aliphatic rings. The zero-order valence-corrected chi connectivity index (χ0v) is 14.5. The van der Waals surface area contributed by atoms with Crippen molar-refractivity contribution in [2.45, 2.75) is 91.2 Å². The second-order valence-corrected chi connectivity index (χ2v) is 7.85. The van der Waals surface area contributed by atoms with Crippen molar-refractivity contribution in [2.75, 3.05) is 13.2 Å². The lowest BCUT2D eigenvalue weighted by atomic mass is 9.80. The van der Waals surface area contributed by atoms with Crippen molar-refractivity contribution in [3.05, 3.63) is 0 Å². The molecular weight excluding hydrogens is 246 g/mol. The first kappa shape index (κ1) is 18.0. The van der Waals surface area contributed by atoms with E-state index >= 15 is 0 Å². The van der Waals surface area contributed by atoms with Crippen LogP contribution >= 0.6 is 0 Å². The fraction of sp³-hybridized carbons (Fsp3) is 1.00. The van der Waals surface area contributed by atoms with Crippen molar-refractivity contribution in [3.63, 3.8) is 0 Å². The van der Waals surface area contributed by atoms with Crippen LogP contribution in [0.5, 0.6) is 0 Å². The summed E-state index contributed by atoms with van der Waals surface area (Å²) >= 11 is 0. The Morgan fingerprint density at radius 2 is 1.65 bits per heavy atom. The molecule has 2 heteroatoms. The number of unbranched alkanes of at least 4 members (excludes halogenated alkanes) is 3. The molecule has 0 amide bonds. The minimum Gasteiger partial charge on any atom is -0.378 e. The Labute approximate surface area is 127 Å². The number of ether oxygens (including phenoxy) is 1. The van der Waals surface area contributed by atoms with E-state index in [1.165, 1.54) is 44.9 Å². The molecule has 0 aromatic heterocycles. The van der Waals surface area contributed by atoms with E-state index in [0.29, 0.717) is 6.10 Å². The maximum Gasteiger partial charge on any atom is 0.0577 e. The van der Waals surface area contributed by atoms with Crippen LogP contribution in [0, 0.1) is 11.8 Å². The van der Waals surface area contributed by atoms with Gasteiger partial charge >= 0.3 is 0 Å². The highest BCUT2D eigenvalue weighted by Crippen LogP contribution is 2.30. The lowest BCUT2D eigenvalue weighted by molar-refractivity contribution is 0.000997. The largest absolute Gasteiger partial charge is 0.378 e. The summed E-state index contributed by atoms with van der Waals surface area (Å²) in [6, 6.07) is 0. The Bertz CT molecular complexity index is 246. The Morgan fingerprint density at radius 1 is 0.950 bits per heavy atom. The van der Waals surface area contributed by atoms with Crippen LogP contribution in [-0.4, -0.2) is 24.8 Å². The smallest absolute Gasteiger partial charge is 0.0577 e. The van der Waals surface area contributed by atoms with Gasteiger partial charge in [0.2, 0.25) is 0 Å². The van der Waals surface area contributed by atoms with Crippen molar-refractivity contribution in [2.24, 2.45) is 11.8 Å². The maximum absolute atomic E-state index is 6.05. The van der Waals surface area contributed by atoms with Gasteiger partial charge < -0.3 is 10.1 Å². The molecule has 2 nitrogen and oxygen atoms in total. The van der Waals surface area contributed by atoms with E-state index in [1.54, 1.807) is 0 Å². The molecule has 0 saturated heterocycles. The van der Waals surface area contributed by atoms with Crippen LogP contribution in [0.15, 0.2) is 0 Å². The van der Waals surface area contributed by atoms with Gasteiger partial charge in [0.15, 0.2) is 0 Å². The summed E-state index contributed by atoms with van der Waals surface area (Å²) in [5.41, 5.74) is 0.262. The van der Waals surface area contributed by atoms with E-state index < -0.39 is 0 Å². The number of hydrogen-bond acceptors (Lipinski definition) is 2. The van der Waals surface area contributed by atoms with Crippen LogP contribution in [0.4, 0.5) is 0 Å². The molecule has 0 heterocycles. The van der Waals surface area contributed by atoms with Gasteiger partial charge in [0.25, 0.3) is 0 Å². The average molecular weight is 283 g/mol. The van der Waals surface area contributed by atoms with Crippen molar-refractivity contribution in [1.29, 1.82) is 0 Å². The predicted molar refractivity (Wildman–Crippen MR) is 88.1 cm³/mol. The molecule has 0 spiro atoms. The lowest BCUT2D eigenvalue weighted by Gasteiger charge is -2.32. The number of nitrogens with one attached hydrogen (secondary N) is 1. The average Bonchev–Trinajstić information content (AvgIpc) is 2.35. The molecule has 120 valence electrons. The van der Waals surface area contributed by atoms with Crippen LogP contribution in [-0.2, 0) is 4.74 Å². The Kier molecular flexibility index (Phi) is 8.13. The number of hydrogen-bond donors (Lipinski definition) is 1. The van der Waals surface area contributed by atoms with Gasteiger partial charge in [-0.2, -0.15) is 0 Å². The second kappa shape index (κ2) is 9.04. The molecule has 20 heavy (non-hydrogen) atoms. The third kappa shape index (κ3) is 8.26. The number of rotatable bonds is 8. The van der Waals surface area contributed by atoms with Crippen molar-refractivity contribution in [1.82, 2.24) is 5.32 Å². The van der Waals surface area contributed by atoms with Crippen LogP contribution in [0.25, 0.3) is 0 Å². The topological polar surface area (TPSA) is 21.3 Å². The molecule has 1 aliphatic carbocycles. The molecule has 1 fully saturated rings. The summed E-state index contributed by atoms with van der Waals surface area (Å²) in [6.45, 7) is 13.6. The zero-order valence-electron chi connectivity index (χ0n) is 14.5. The first-order valence-corrected chi connectivity index (χ1v) is 8.75. The first-order chi connectivity index (χ1) is 9.38. The van der Waals surface area contributed by atoms with Gasteiger partial charge in [-0.3, -0.25) is 0 Å². The third-order valence-corrected chi connectivity index (χ3v) is 4.63. The normalized spacial score (nSPS) is 27.8. The predicted octanol–water partition coefficient (Wildman–Crippen LogP) is 4.78. The van der Waals surface area contributed by atoms with Crippen LogP contribution in [0.3, 0.4) is 0 Å². The van der Waals surface area contributed by atoms with Crippen molar-refractivity contribution < 1.29 is 4.74 Å². The Morgan fingerprint density at radius 3 is 2.30 bits per heavy atom. The van der Waals surface area contributed by atoms with Gasteiger partial charge in [-0.25, -0.2) is 0 Å². The van der Waals surface area contributed by atoms with E-state index in [1.807, 2.05) is 0 Å². The second-order valence-electron chi connectivity index (χ2n) is 7.85. The maximum atomic E-state index is 6.05. The molecule has 0 aliphatic heterocycles. The standard InChI is InChI=1S/C18H37NO/c1-15-10-11-17(14-16(15)2)20-13-9-7-6-8-12-19-18(3,4)5/h15-17,19H,6-14H2,1-5H3. The monoisotopic (exact) mass is 283 g/mol. The molecule has 3 atom stereocenters. The van der Waals surface area contributed by atoms with E-state index in [9.17, 15) is 0 Å². The molecule has 0 aromatic rings. The van der Waals surface area contributed by atoms with E-state index in [4.69, 9.17) is 4.74 Å². The van der Waals surface area contributed by atoms with Gasteiger partial charge in [-0.15, -0.1) is 0 Å².